The van der Waals surface area contributed by atoms with E-state index in [1.54, 1.807) is 6.33 Å². The van der Waals surface area contributed by atoms with Crippen molar-refractivity contribution in [1.29, 1.82) is 0 Å². The molecule has 0 aliphatic carbocycles. The molecule has 1 N–H and O–H groups in total. The second-order valence-electron chi connectivity index (χ2n) is 4.27. The highest BCUT2D eigenvalue weighted by atomic mass is 15.2. The molecule has 1 fully saturated rings. The van der Waals surface area contributed by atoms with E-state index in [-0.39, 0.29) is 0 Å². The number of likely N-dealkylation sites (N-methyl/N-ethyl adjacent to an activating group) is 1. The van der Waals surface area contributed by atoms with Crippen LogP contribution >= 0.6 is 0 Å². The summed E-state index contributed by atoms with van der Waals surface area (Å²) >= 11 is 0. The van der Waals surface area contributed by atoms with Crippen LogP contribution in [0.1, 0.15) is 11.4 Å². The zero-order chi connectivity index (χ0) is 10.7. The highest BCUT2D eigenvalue weighted by Gasteiger charge is 2.16. The number of aryl methyl sites for hydroxylation is 1. The Balaban J connectivity index is 1.96. The SMILES string of the molecule is Cc1cc(CC2CN(C)CCN2)ncn1. The fourth-order valence-corrected chi connectivity index (χ4v) is 2.00. The van der Waals surface area contributed by atoms with E-state index in [0.717, 1.165) is 37.4 Å². The van der Waals surface area contributed by atoms with Crippen molar-refractivity contribution in [3.8, 4) is 0 Å². The first kappa shape index (κ1) is 10.5. The third-order valence-corrected chi connectivity index (χ3v) is 2.77. The zero-order valence-electron chi connectivity index (χ0n) is 9.40. The maximum atomic E-state index is 4.29. The molecule has 0 aromatic carbocycles. The molecule has 1 atom stereocenters. The van der Waals surface area contributed by atoms with Gasteiger partial charge in [0.2, 0.25) is 0 Å². The molecule has 2 heterocycles. The van der Waals surface area contributed by atoms with Gasteiger partial charge in [0.25, 0.3) is 0 Å². The minimum atomic E-state index is 0.526. The number of nitrogens with zero attached hydrogens (tertiary/aromatic N) is 3. The van der Waals surface area contributed by atoms with E-state index in [2.05, 4.69) is 33.3 Å². The number of nitrogens with one attached hydrogen (secondary N) is 1. The quantitative estimate of drug-likeness (QED) is 0.752. The summed E-state index contributed by atoms with van der Waals surface area (Å²) in [5.74, 6) is 0. The van der Waals surface area contributed by atoms with Crippen LogP contribution in [0.3, 0.4) is 0 Å². The predicted octanol–water partition coefficient (Wildman–Crippen LogP) is 0.231. The normalized spacial score (nSPS) is 22.9. The largest absolute Gasteiger partial charge is 0.311 e. The van der Waals surface area contributed by atoms with Gasteiger partial charge in [-0.05, 0) is 20.0 Å². The Morgan fingerprint density at radius 3 is 3.13 bits per heavy atom. The molecule has 4 heteroatoms. The van der Waals surface area contributed by atoms with Crippen LogP contribution in [0.2, 0.25) is 0 Å². The van der Waals surface area contributed by atoms with Gasteiger partial charge in [0.05, 0.1) is 0 Å². The van der Waals surface area contributed by atoms with Gasteiger partial charge in [0.1, 0.15) is 6.33 Å². The van der Waals surface area contributed by atoms with E-state index in [1.165, 1.54) is 0 Å². The number of piperazine rings is 1. The van der Waals surface area contributed by atoms with E-state index in [0.29, 0.717) is 6.04 Å². The van der Waals surface area contributed by atoms with Gasteiger partial charge < -0.3 is 10.2 Å². The fourth-order valence-electron chi connectivity index (χ4n) is 2.00. The van der Waals surface area contributed by atoms with Crippen molar-refractivity contribution >= 4 is 0 Å². The Labute approximate surface area is 90.7 Å². The van der Waals surface area contributed by atoms with Gasteiger partial charge in [-0.15, -0.1) is 0 Å². The minimum absolute atomic E-state index is 0.526. The highest BCUT2D eigenvalue weighted by Crippen LogP contribution is 2.04. The first-order valence-corrected chi connectivity index (χ1v) is 5.43. The standard InChI is InChI=1S/C11H18N4/c1-9-5-10(14-8-13-9)6-11-7-15(2)4-3-12-11/h5,8,11-12H,3-4,6-7H2,1-2H3. The predicted molar refractivity (Wildman–Crippen MR) is 59.8 cm³/mol. The van der Waals surface area contributed by atoms with Gasteiger partial charge in [0.15, 0.2) is 0 Å². The van der Waals surface area contributed by atoms with Crippen molar-refractivity contribution in [2.75, 3.05) is 26.7 Å². The maximum absolute atomic E-state index is 4.29. The van der Waals surface area contributed by atoms with Gasteiger partial charge in [-0.1, -0.05) is 0 Å². The van der Waals surface area contributed by atoms with Gasteiger partial charge >= 0.3 is 0 Å². The number of rotatable bonds is 2. The highest BCUT2D eigenvalue weighted by molar-refractivity contribution is 5.08. The fraction of sp³-hybridized carbons (Fsp3) is 0.636. The van der Waals surface area contributed by atoms with Crippen molar-refractivity contribution in [1.82, 2.24) is 20.2 Å². The molecule has 1 aromatic rings. The molecule has 0 saturated carbocycles. The average molecular weight is 206 g/mol. The van der Waals surface area contributed by atoms with Crippen molar-refractivity contribution in [2.24, 2.45) is 0 Å². The molecule has 15 heavy (non-hydrogen) atoms. The summed E-state index contributed by atoms with van der Waals surface area (Å²) in [7, 11) is 2.17. The number of hydrogen-bond acceptors (Lipinski definition) is 4. The molecule has 0 spiro atoms. The molecule has 2 rings (SSSR count). The monoisotopic (exact) mass is 206 g/mol. The van der Waals surface area contributed by atoms with E-state index in [9.17, 15) is 0 Å². The van der Waals surface area contributed by atoms with E-state index < -0.39 is 0 Å². The Kier molecular flexibility index (Phi) is 3.28. The lowest BCUT2D eigenvalue weighted by atomic mass is 10.1. The second kappa shape index (κ2) is 4.68. The van der Waals surface area contributed by atoms with Crippen LogP contribution in [-0.2, 0) is 6.42 Å². The topological polar surface area (TPSA) is 41.0 Å². The second-order valence-corrected chi connectivity index (χ2v) is 4.27. The van der Waals surface area contributed by atoms with Crippen LogP contribution in [0.15, 0.2) is 12.4 Å². The van der Waals surface area contributed by atoms with Crippen molar-refractivity contribution < 1.29 is 0 Å². The number of hydrogen-bond donors (Lipinski definition) is 1. The van der Waals surface area contributed by atoms with Gasteiger partial charge in [-0.25, -0.2) is 9.97 Å². The zero-order valence-corrected chi connectivity index (χ0v) is 9.40. The molecule has 0 radical (unpaired) electrons. The lowest BCUT2D eigenvalue weighted by Gasteiger charge is -2.30. The Morgan fingerprint density at radius 2 is 2.40 bits per heavy atom. The summed E-state index contributed by atoms with van der Waals surface area (Å²) < 4.78 is 0. The molecular formula is C11H18N4. The third kappa shape index (κ3) is 2.97. The molecule has 1 aliphatic rings. The molecule has 0 amide bonds. The molecule has 1 unspecified atom stereocenters. The lowest BCUT2D eigenvalue weighted by Crippen LogP contribution is -2.50. The van der Waals surface area contributed by atoms with Crippen LogP contribution in [-0.4, -0.2) is 47.6 Å². The smallest absolute Gasteiger partial charge is 0.115 e. The summed E-state index contributed by atoms with van der Waals surface area (Å²) in [6.45, 7) is 5.32. The molecule has 4 nitrogen and oxygen atoms in total. The van der Waals surface area contributed by atoms with Crippen LogP contribution in [0.4, 0.5) is 0 Å². The van der Waals surface area contributed by atoms with Crippen molar-refractivity contribution in [2.45, 2.75) is 19.4 Å². The molecule has 0 bridgehead atoms. The van der Waals surface area contributed by atoms with Crippen LogP contribution in [0.5, 0.6) is 0 Å². The van der Waals surface area contributed by atoms with E-state index >= 15 is 0 Å². The van der Waals surface area contributed by atoms with E-state index in [1.807, 2.05) is 6.92 Å². The Hall–Kier alpha value is -1.00. The summed E-state index contributed by atoms with van der Waals surface area (Å²) in [6.07, 6.45) is 2.64. The average Bonchev–Trinajstić information content (AvgIpc) is 2.17. The first-order valence-electron chi connectivity index (χ1n) is 5.43. The van der Waals surface area contributed by atoms with Gasteiger partial charge in [-0.2, -0.15) is 0 Å². The van der Waals surface area contributed by atoms with Crippen molar-refractivity contribution in [3.63, 3.8) is 0 Å². The number of aromatic nitrogens is 2. The van der Waals surface area contributed by atoms with Crippen molar-refractivity contribution in [3.05, 3.63) is 23.8 Å². The third-order valence-electron chi connectivity index (χ3n) is 2.77. The summed E-state index contributed by atoms with van der Waals surface area (Å²) in [4.78, 5) is 10.8. The molecule has 1 aromatic heterocycles. The van der Waals surface area contributed by atoms with Crippen LogP contribution in [0.25, 0.3) is 0 Å². The van der Waals surface area contributed by atoms with E-state index in [4.69, 9.17) is 0 Å². The van der Waals surface area contributed by atoms with Gasteiger partial charge in [0, 0.05) is 43.5 Å². The van der Waals surface area contributed by atoms with Crippen LogP contribution < -0.4 is 5.32 Å². The maximum Gasteiger partial charge on any atom is 0.115 e. The molecular weight excluding hydrogens is 188 g/mol. The molecule has 1 aliphatic heterocycles. The lowest BCUT2D eigenvalue weighted by molar-refractivity contribution is 0.237. The van der Waals surface area contributed by atoms with Gasteiger partial charge in [-0.3, -0.25) is 0 Å². The Bertz CT molecular complexity index is 326. The minimum Gasteiger partial charge on any atom is -0.311 e. The molecule has 82 valence electrons. The summed E-state index contributed by atoms with van der Waals surface area (Å²) in [5, 5.41) is 3.52. The van der Waals surface area contributed by atoms with Crippen LogP contribution in [0, 0.1) is 6.92 Å². The summed E-state index contributed by atoms with van der Waals surface area (Å²) in [6, 6.07) is 2.59. The Morgan fingerprint density at radius 1 is 1.53 bits per heavy atom. The first-order chi connectivity index (χ1) is 7.24. The molecule has 1 saturated heterocycles. The summed E-state index contributed by atoms with van der Waals surface area (Å²) in [5.41, 5.74) is 2.18.